The molecule has 0 amide bonds. The van der Waals surface area contributed by atoms with Crippen molar-refractivity contribution >= 4 is 11.3 Å². The van der Waals surface area contributed by atoms with Crippen molar-refractivity contribution in [3.8, 4) is 5.88 Å². The molecule has 0 radical (unpaired) electrons. The maximum Gasteiger partial charge on any atom is 0.233 e. The van der Waals surface area contributed by atoms with E-state index in [0.717, 1.165) is 10.7 Å². The minimum atomic E-state index is -0.176. The number of methoxy groups -OCH3 is 1. The maximum atomic E-state index is 6.00. The summed E-state index contributed by atoms with van der Waals surface area (Å²) in [5.74, 6) is 0.491. The van der Waals surface area contributed by atoms with Gasteiger partial charge >= 0.3 is 0 Å². The van der Waals surface area contributed by atoms with Crippen LogP contribution >= 0.6 is 11.3 Å². The highest BCUT2D eigenvalue weighted by Gasteiger charge is 2.10. The van der Waals surface area contributed by atoms with E-state index in [4.69, 9.17) is 10.5 Å². The molecular formula is C10H12N4OS. The summed E-state index contributed by atoms with van der Waals surface area (Å²) in [6.45, 7) is 0. The maximum absolute atomic E-state index is 6.00. The van der Waals surface area contributed by atoms with E-state index >= 15 is 0 Å². The molecule has 0 saturated carbocycles. The Morgan fingerprint density at radius 3 is 2.88 bits per heavy atom. The smallest absolute Gasteiger partial charge is 0.233 e. The van der Waals surface area contributed by atoms with E-state index in [1.54, 1.807) is 30.7 Å². The minimum absolute atomic E-state index is 0.176. The molecule has 16 heavy (non-hydrogen) atoms. The Bertz CT molecular complexity index is 429. The first-order valence-corrected chi connectivity index (χ1v) is 5.69. The van der Waals surface area contributed by atoms with E-state index < -0.39 is 0 Å². The van der Waals surface area contributed by atoms with Crippen LogP contribution in [0.5, 0.6) is 5.88 Å². The number of rotatable bonds is 4. The molecule has 2 aromatic heterocycles. The first-order chi connectivity index (χ1) is 7.79. The molecule has 5 nitrogen and oxygen atoms in total. The number of hydrogen-bond acceptors (Lipinski definition) is 6. The lowest BCUT2D eigenvalue weighted by Gasteiger charge is -2.08. The molecule has 2 rings (SSSR count). The first-order valence-electron chi connectivity index (χ1n) is 4.81. The molecule has 0 fully saturated rings. The zero-order valence-corrected chi connectivity index (χ0v) is 9.65. The molecule has 0 spiro atoms. The minimum Gasteiger partial charge on any atom is -0.480 e. The van der Waals surface area contributed by atoms with Crippen LogP contribution in [0.25, 0.3) is 0 Å². The lowest BCUT2D eigenvalue weighted by atomic mass is 10.1. The number of thiazole rings is 1. The predicted octanol–water partition coefficient (Wildman–Crippen LogP) is 1.18. The van der Waals surface area contributed by atoms with Crippen LogP contribution < -0.4 is 10.5 Å². The summed E-state index contributed by atoms with van der Waals surface area (Å²) in [5.41, 5.74) is 6.75. The Hall–Kier alpha value is -1.53. The van der Waals surface area contributed by atoms with Gasteiger partial charge in [0.2, 0.25) is 5.88 Å². The Kier molecular flexibility index (Phi) is 3.43. The number of hydrogen-bond donors (Lipinski definition) is 1. The monoisotopic (exact) mass is 236 g/mol. The quantitative estimate of drug-likeness (QED) is 0.863. The van der Waals surface area contributed by atoms with Crippen LogP contribution in [0.2, 0.25) is 0 Å². The topological polar surface area (TPSA) is 73.9 Å². The molecule has 1 unspecified atom stereocenters. The fraction of sp³-hybridized carbons (Fsp3) is 0.300. The van der Waals surface area contributed by atoms with E-state index in [0.29, 0.717) is 12.3 Å². The van der Waals surface area contributed by atoms with Crippen molar-refractivity contribution in [1.29, 1.82) is 0 Å². The fourth-order valence-electron chi connectivity index (χ4n) is 1.28. The van der Waals surface area contributed by atoms with Crippen LogP contribution in [0.15, 0.2) is 23.7 Å². The summed E-state index contributed by atoms with van der Waals surface area (Å²) in [6, 6.07) is 3.40. The Balaban J connectivity index is 2.05. The fourth-order valence-corrected chi connectivity index (χ4v) is 1.96. The third-order valence-electron chi connectivity index (χ3n) is 2.13. The van der Waals surface area contributed by atoms with Crippen molar-refractivity contribution in [2.45, 2.75) is 12.5 Å². The normalized spacial score (nSPS) is 12.4. The number of nitrogens with two attached hydrogens (primary N) is 1. The van der Waals surface area contributed by atoms with Crippen LogP contribution in [0.3, 0.4) is 0 Å². The lowest BCUT2D eigenvalue weighted by molar-refractivity contribution is 0.390. The number of nitrogens with zero attached hydrogens (tertiary/aromatic N) is 3. The van der Waals surface area contributed by atoms with Crippen LogP contribution in [-0.4, -0.2) is 22.3 Å². The van der Waals surface area contributed by atoms with Crippen molar-refractivity contribution in [2.24, 2.45) is 5.73 Å². The Labute approximate surface area is 97.3 Å². The average molecular weight is 236 g/mol. The summed E-state index contributed by atoms with van der Waals surface area (Å²) in [7, 11) is 1.55. The van der Waals surface area contributed by atoms with E-state index in [-0.39, 0.29) is 6.04 Å². The van der Waals surface area contributed by atoms with Crippen LogP contribution in [0.4, 0.5) is 0 Å². The van der Waals surface area contributed by atoms with Gasteiger partial charge in [-0.2, -0.15) is 5.10 Å². The van der Waals surface area contributed by atoms with Gasteiger partial charge in [0.05, 0.1) is 23.9 Å². The molecule has 2 heterocycles. The lowest BCUT2D eigenvalue weighted by Crippen LogP contribution is -2.15. The van der Waals surface area contributed by atoms with Gasteiger partial charge in [0.1, 0.15) is 0 Å². The second-order valence-corrected chi connectivity index (χ2v) is 4.22. The van der Waals surface area contributed by atoms with Gasteiger partial charge in [-0.1, -0.05) is 0 Å². The first kappa shape index (κ1) is 11.0. The molecule has 0 aliphatic rings. The van der Waals surface area contributed by atoms with E-state index in [1.165, 1.54) is 0 Å². The summed E-state index contributed by atoms with van der Waals surface area (Å²) >= 11 is 1.59. The highest BCUT2D eigenvalue weighted by molar-refractivity contribution is 7.09. The van der Waals surface area contributed by atoms with Gasteiger partial charge < -0.3 is 10.5 Å². The van der Waals surface area contributed by atoms with Crippen molar-refractivity contribution in [1.82, 2.24) is 15.2 Å². The van der Waals surface area contributed by atoms with Gasteiger partial charge in [0.15, 0.2) is 0 Å². The van der Waals surface area contributed by atoms with Crippen LogP contribution in [0.1, 0.15) is 16.7 Å². The van der Waals surface area contributed by atoms with Crippen molar-refractivity contribution < 1.29 is 4.74 Å². The molecule has 2 aromatic rings. The molecule has 6 heteroatoms. The summed E-state index contributed by atoms with van der Waals surface area (Å²) in [4.78, 5) is 4.18. The molecule has 0 aliphatic heterocycles. The summed E-state index contributed by atoms with van der Waals surface area (Å²) in [6.07, 6.45) is 2.45. The zero-order chi connectivity index (χ0) is 11.4. The van der Waals surface area contributed by atoms with Gasteiger partial charge in [-0.3, -0.25) is 0 Å². The second-order valence-electron chi connectivity index (χ2n) is 3.24. The molecule has 0 aliphatic carbocycles. The molecule has 1 atom stereocenters. The molecule has 2 N–H and O–H groups in total. The predicted molar refractivity (Wildman–Crippen MR) is 61.3 cm³/mol. The van der Waals surface area contributed by atoms with E-state index in [1.807, 2.05) is 11.4 Å². The average Bonchev–Trinajstić information content (AvgIpc) is 2.82. The van der Waals surface area contributed by atoms with E-state index in [9.17, 15) is 0 Å². The molecule has 0 saturated heterocycles. The van der Waals surface area contributed by atoms with Gasteiger partial charge in [-0.15, -0.1) is 16.4 Å². The third kappa shape index (κ3) is 2.53. The van der Waals surface area contributed by atoms with Gasteiger partial charge in [-0.25, -0.2) is 4.98 Å². The van der Waals surface area contributed by atoms with Crippen molar-refractivity contribution in [3.05, 3.63) is 34.4 Å². The molecule has 84 valence electrons. The largest absolute Gasteiger partial charge is 0.480 e. The second kappa shape index (κ2) is 5.00. The Morgan fingerprint density at radius 2 is 2.31 bits per heavy atom. The van der Waals surface area contributed by atoms with Crippen molar-refractivity contribution in [3.63, 3.8) is 0 Å². The molecule has 0 bridgehead atoms. The van der Waals surface area contributed by atoms with E-state index in [2.05, 4.69) is 15.2 Å². The van der Waals surface area contributed by atoms with Crippen LogP contribution in [-0.2, 0) is 6.42 Å². The highest BCUT2D eigenvalue weighted by atomic mass is 32.1. The van der Waals surface area contributed by atoms with Crippen molar-refractivity contribution in [2.75, 3.05) is 7.11 Å². The van der Waals surface area contributed by atoms with Gasteiger partial charge in [-0.05, 0) is 6.07 Å². The van der Waals surface area contributed by atoms with Gasteiger partial charge in [0, 0.05) is 24.1 Å². The Morgan fingerprint density at radius 1 is 1.44 bits per heavy atom. The molecular weight excluding hydrogens is 224 g/mol. The summed E-state index contributed by atoms with van der Waals surface area (Å²) in [5, 5.41) is 10.8. The SMILES string of the molecule is COc1ccc(C(N)Cc2nccs2)nn1. The third-order valence-corrected chi connectivity index (χ3v) is 2.93. The highest BCUT2D eigenvalue weighted by Crippen LogP contribution is 2.16. The zero-order valence-electron chi connectivity index (χ0n) is 8.83. The number of ether oxygens (including phenoxy) is 1. The number of aromatic nitrogens is 3. The molecule has 0 aromatic carbocycles. The van der Waals surface area contributed by atoms with Crippen LogP contribution in [0, 0.1) is 0 Å². The summed E-state index contributed by atoms with van der Waals surface area (Å²) < 4.78 is 4.93. The standard InChI is InChI=1S/C10H12N4OS/c1-15-9-3-2-8(13-14-9)7(11)6-10-12-4-5-16-10/h2-5,7H,6,11H2,1H3. The van der Waals surface area contributed by atoms with Gasteiger partial charge in [0.25, 0.3) is 0 Å².